The summed E-state index contributed by atoms with van der Waals surface area (Å²) < 4.78 is 10.8. The van der Waals surface area contributed by atoms with E-state index < -0.39 is 5.91 Å². The molecule has 0 saturated heterocycles. The third-order valence-corrected chi connectivity index (χ3v) is 3.03. The molecule has 0 unspecified atom stereocenters. The van der Waals surface area contributed by atoms with Crippen molar-refractivity contribution in [3.8, 4) is 5.75 Å². The number of carbonyl (C=O) groups is 2. The molecule has 1 aromatic carbocycles. The van der Waals surface area contributed by atoms with Crippen molar-refractivity contribution in [2.75, 3.05) is 27.4 Å². The summed E-state index contributed by atoms with van der Waals surface area (Å²) in [6.45, 7) is 0.759. The molecule has 0 aliphatic rings. The Morgan fingerprint density at radius 2 is 2.09 bits per heavy atom. The van der Waals surface area contributed by atoms with Gasteiger partial charge in [-0.1, -0.05) is 15.9 Å². The molecule has 0 atom stereocenters. The quantitative estimate of drug-likeness (QED) is 0.309. The van der Waals surface area contributed by atoms with Gasteiger partial charge in [0.15, 0.2) is 0 Å². The number of hydrogen-bond donors (Lipinski definition) is 2. The van der Waals surface area contributed by atoms with E-state index in [1.807, 2.05) is 6.07 Å². The van der Waals surface area contributed by atoms with Crippen molar-refractivity contribution in [1.82, 2.24) is 10.7 Å². The highest BCUT2D eigenvalue weighted by Gasteiger charge is 2.08. The molecular formula is C14H18BrN3O4. The van der Waals surface area contributed by atoms with Gasteiger partial charge in [0.2, 0.25) is 11.8 Å². The second kappa shape index (κ2) is 9.91. The zero-order chi connectivity index (χ0) is 16.4. The summed E-state index contributed by atoms with van der Waals surface area (Å²) in [6.07, 6.45) is 1.15. The predicted octanol–water partition coefficient (Wildman–Crippen LogP) is 1.06. The van der Waals surface area contributed by atoms with Gasteiger partial charge in [-0.2, -0.15) is 5.10 Å². The van der Waals surface area contributed by atoms with Crippen LogP contribution in [0.2, 0.25) is 0 Å². The van der Waals surface area contributed by atoms with Crippen LogP contribution in [0.4, 0.5) is 0 Å². The summed E-state index contributed by atoms with van der Waals surface area (Å²) in [7, 11) is 3.08. The molecule has 0 fully saturated rings. The summed E-state index contributed by atoms with van der Waals surface area (Å²) >= 11 is 3.34. The van der Waals surface area contributed by atoms with Crippen LogP contribution in [0.3, 0.4) is 0 Å². The second-order valence-electron chi connectivity index (χ2n) is 4.20. The van der Waals surface area contributed by atoms with Gasteiger partial charge in [0.1, 0.15) is 12.2 Å². The molecule has 22 heavy (non-hydrogen) atoms. The number of benzene rings is 1. The third-order valence-electron chi connectivity index (χ3n) is 2.53. The molecule has 0 aliphatic heterocycles. The van der Waals surface area contributed by atoms with Gasteiger partial charge in [-0.15, -0.1) is 0 Å². The zero-order valence-electron chi connectivity index (χ0n) is 12.4. The van der Waals surface area contributed by atoms with Crippen LogP contribution in [0.15, 0.2) is 27.8 Å². The van der Waals surface area contributed by atoms with Crippen molar-refractivity contribution >= 4 is 34.0 Å². The summed E-state index contributed by atoms with van der Waals surface area (Å²) in [6, 6.07) is 5.40. The molecule has 0 heterocycles. The van der Waals surface area contributed by atoms with E-state index in [0.29, 0.717) is 24.5 Å². The number of amides is 2. The van der Waals surface area contributed by atoms with Gasteiger partial charge in [0.05, 0.1) is 19.9 Å². The summed E-state index contributed by atoms with van der Waals surface area (Å²) in [5, 5.41) is 6.36. The van der Waals surface area contributed by atoms with Gasteiger partial charge < -0.3 is 14.8 Å². The molecule has 0 radical (unpaired) electrons. The van der Waals surface area contributed by atoms with Gasteiger partial charge in [0.25, 0.3) is 0 Å². The number of ether oxygens (including phenoxy) is 2. The molecule has 1 rings (SSSR count). The van der Waals surface area contributed by atoms with Crippen LogP contribution in [0, 0.1) is 0 Å². The number of rotatable bonds is 8. The molecule has 2 amide bonds. The molecule has 7 nitrogen and oxygen atoms in total. The van der Waals surface area contributed by atoms with Crippen molar-refractivity contribution in [2.45, 2.75) is 6.42 Å². The normalized spacial score (nSPS) is 10.5. The van der Waals surface area contributed by atoms with Crippen LogP contribution in [0.1, 0.15) is 12.0 Å². The number of methoxy groups -OCH3 is 2. The number of halogens is 1. The van der Waals surface area contributed by atoms with Crippen LogP contribution in [-0.4, -0.2) is 45.4 Å². The lowest BCUT2D eigenvalue weighted by Gasteiger charge is -2.05. The van der Waals surface area contributed by atoms with Gasteiger partial charge in [-0.05, 0) is 18.2 Å². The van der Waals surface area contributed by atoms with Crippen molar-refractivity contribution in [1.29, 1.82) is 0 Å². The Labute approximate surface area is 137 Å². The lowest BCUT2D eigenvalue weighted by atomic mass is 10.2. The fraction of sp³-hybridized carbons (Fsp3) is 0.357. The van der Waals surface area contributed by atoms with E-state index in [2.05, 4.69) is 31.8 Å². The van der Waals surface area contributed by atoms with E-state index in [4.69, 9.17) is 9.47 Å². The third kappa shape index (κ3) is 6.68. The molecule has 1 aromatic rings. The van der Waals surface area contributed by atoms with E-state index >= 15 is 0 Å². The SMILES string of the molecule is COCCNC(=O)CC(=O)N/N=C\c1cc(Br)ccc1OC. The Morgan fingerprint density at radius 3 is 2.77 bits per heavy atom. The maximum atomic E-state index is 11.5. The molecule has 0 spiro atoms. The molecule has 0 aliphatic carbocycles. The molecule has 120 valence electrons. The molecular weight excluding hydrogens is 354 g/mol. The van der Waals surface area contributed by atoms with E-state index in [0.717, 1.165) is 4.47 Å². The Kier molecular flexibility index (Phi) is 8.16. The average Bonchev–Trinajstić information content (AvgIpc) is 2.47. The van der Waals surface area contributed by atoms with E-state index in [1.54, 1.807) is 19.2 Å². The number of nitrogens with zero attached hydrogens (tertiary/aromatic N) is 1. The van der Waals surface area contributed by atoms with E-state index in [1.165, 1.54) is 13.3 Å². The Bertz CT molecular complexity index is 549. The van der Waals surface area contributed by atoms with E-state index in [-0.39, 0.29) is 12.3 Å². The minimum atomic E-state index is -0.500. The summed E-state index contributed by atoms with van der Waals surface area (Å²) in [5.74, 6) is -0.261. The van der Waals surface area contributed by atoms with Crippen LogP contribution in [0.5, 0.6) is 5.75 Å². The number of carbonyl (C=O) groups excluding carboxylic acids is 2. The van der Waals surface area contributed by atoms with Crippen molar-refractivity contribution in [2.24, 2.45) is 5.10 Å². The minimum absolute atomic E-state index is 0.295. The van der Waals surface area contributed by atoms with Crippen molar-refractivity contribution < 1.29 is 19.1 Å². The van der Waals surface area contributed by atoms with Gasteiger partial charge in [0, 0.05) is 23.7 Å². The first-order chi connectivity index (χ1) is 10.6. The largest absolute Gasteiger partial charge is 0.496 e. The monoisotopic (exact) mass is 371 g/mol. The summed E-state index contributed by atoms with van der Waals surface area (Å²) in [4.78, 5) is 22.9. The fourth-order valence-corrected chi connectivity index (χ4v) is 1.90. The van der Waals surface area contributed by atoms with Crippen molar-refractivity contribution in [3.05, 3.63) is 28.2 Å². The molecule has 0 aromatic heterocycles. The highest BCUT2D eigenvalue weighted by molar-refractivity contribution is 9.10. The second-order valence-corrected chi connectivity index (χ2v) is 5.11. The van der Waals surface area contributed by atoms with Crippen LogP contribution in [0.25, 0.3) is 0 Å². The zero-order valence-corrected chi connectivity index (χ0v) is 14.0. The number of nitrogens with one attached hydrogen (secondary N) is 2. The highest BCUT2D eigenvalue weighted by Crippen LogP contribution is 2.21. The number of hydrazone groups is 1. The predicted molar refractivity (Wildman–Crippen MR) is 85.9 cm³/mol. The Morgan fingerprint density at radius 1 is 1.32 bits per heavy atom. The minimum Gasteiger partial charge on any atom is -0.496 e. The maximum absolute atomic E-state index is 11.5. The lowest BCUT2D eigenvalue weighted by Crippen LogP contribution is -2.31. The smallest absolute Gasteiger partial charge is 0.249 e. The van der Waals surface area contributed by atoms with Crippen LogP contribution < -0.4 is 15.5 Å². The van der Waals surface area contributed by atoms with Gasteiger partial charge >= 0.3 is 0 Å². The fourth-order valence-electron chi connectivity index (χ4n) is 1.52. The first-order valence-electron chi connectivity index (χ1n) is 6.48. The standard InChI is InChI=1S/C14H18BrN3O4/c1-21-6-5-16-13(19)8-14(20)18-17-9-10-7-11(15)3-4-12(10)22-2/h3-4,7,9H,5-6,8H2,1-2H3,(H,16,19)(H,18,20)/b17-9-. The van der Waals surface area contributed by atoms with Crippen LogP contribution >= 0.6 is 15.9 Å². The summed E-state index contributed by atoms with van der Waals surface area (Å²) in [5.41, 5.74) is 2.99. The topological polar surface area (TPSA) is 89.0 Å². The molecule has 0 saturated carbocycles. The average molecular weight is 372 g/mol. The van der Waals surface area contributed by atoms with E-state index in [9.17, 15) is 9.59 Å². The Hall–Kier alpha value is -1.93. The lowest BCUT2D eigenvalue weighted by molar-refractivity contribution is -0.129. The number of hydrogen-bond acceptors (Lipinski definition) is 5. The highest BCUT2D eigenvalue weighted by atomic mass is 79.9. The maximum Gasteiger partial charge on any atom is 0.249 e. The van der Waals surface area contributed by atoms with Gasteiger partial charge in [-0.25, -0.2) is 5.43 Å². The van der Waals surface area contributed by atoms with Gasteiger partial charge in [-0.3, -0.25) is 9.59 Å². The molecule has 2 N–H and O–H groups in total. The molecule has 0 bridgehead atoms. The van der Waals surface area contributed by atoms with Crippen LogP contribution in [-0.2, 0) is 14.3 Å². The first-order valence-corrected chi connectivity index (χ1v) is 7.27. The first kappa shape index (κ1) is 18.1. The van der Waals surface area contributed by atoms with Crippen molar-refractivity contribution in [3.63, 3.8) is 0 Å². The Balaban J connectivity index is 2.46. The molecule has 8 heteroatoms.